The fourth-order valence-corrected chi connectivity index (χ4v) is 2.63. The van der Waals surface area contributed by atoms with E-state index in [2.05, 4.69) is 47.5 Å². The second kappa shape index (κ2) is 6.91. The molecule has 2 N–H and O–H groups in total. The molecule has 2 rings (SSSR count). The molecule has 0 saturated heterocycles. The molecule has 1 amide bonds. The van der Waals surface area contributed by atoms with Gasteiger partial charge in [0.1, 0.15) is 11.6 Å². The number of methoxy groups -OCH3 is 1. The number of amides is 1. The predicted molar refractivity (Wildman–Crippen MR) is 90.1 cm³/mol. The van der Waals surface area contributed by atoms with E-state index in [1.165, 1.54) is 0 Å². The molecule has 110 valence electrons. The van der Waals surface area contributed by atoms with Gasteiger partial charge >= 0.3 is 0 Å². The lowest BCUT2D eigenvalue weighted by atomic mass is 10.2. The summed E-state index contributed by atoms with van der Waals surface area (Å²) in [5, 5.41) is 5.72. The summed E-state index contributed by atoms with van der Waals surface area (Å²) in [5.74, 6) is 0.974. The van der Waals surface area contributed by atoms with Crippen LogP contribution in [0.3, 0.4) is 0 Å². The molecule has 0 saturated carbocycles. The lowest BCUT2D eigenvalue weighted by molar-refractivity contribution is 0.102. The zero-order valence-electron chi connectivity index (χ0n) is 11.4. The molecule has 0 radical (unpaired) electrons. The number of hydrogen-bond donors (Lipinski definition) is 2. The molecule has 5 nitrogen and oxygen atoms in total. The smallest absolute Gasteiger partial charge is 0.259 e. The van der Waals surface area contributed by atoms with E-state index in [4.69, 9.17) is 4.74 Å². The van der Waals surface area contributed by atoms with Crippen LogP contribution in [-0.2, 0) is 0 Å². The van der Waals surface area contributed by atoms with Gasteiger partial charge in [-0.3, -0.25) is 4.79 Å². The van der Waals surface area contributed by atoms with Crippen molar-refractivity contribution in [2.45, 2.75) is 0 Å². The lowest BCUT2D eigenvalue weighted by Crippen LogP contribution is -2.15. The van der Waals surface area contributed by atoms with E-state index in [1.54, 1.807) is 44.6 Å². The summed E-state index contributed by atoms with van der Waals surface area (Å²) in [7, 11) is 3.31. The first-order chi connectivity index (χ1) is 10.0. The van der Waals surface area contributed by atoms with E-state index in [-0.39, 0.29) is 5.91 Å². The molecule has 7 heteroatoms. The third kappa shape index (κ3) is 3.74. The summed E-state index contributed by atoms with van der Waals surface area (Å²) in [6.45, 7) is 0. The maximum Gasteiger partial charge on any atom is 0.259 e. The molecule has 21 heavy (non-hydrogen) atoms. The van der Waals surface area contributed by atoms with Crippen LogP contribution in [0.1, 0.15) is 10.4 Å². The van der Waals surface area contributed by atoms with Crippen LogP contribution >= 0.6 is 31.9 Å². The Labute approximate surface area is 139 Å². The second-order valence-electron chi connectivity index (χ2n) is 4.10. The quantitative estimate of drug-likeness (QED) is 0.796. The lowest BCUT2D eigenvalue weighted by Gasteiger charge is -2.11. The summed E-state index contributed by atoms with van der Waals surface area (Å²) >= 11 is 6.70. The van der Waals surface area contributed by atoms with Crippen molar-refractivity contribution < 1.29 is 9.53 Å². The molecule has 0 aliphatic heterocycles. The van der Waals surface area contributed by atoms with E-state index in [9.17, 15) is 4.79 Å². The molecule has 0 aliphatic carbocycles. The van der Waals surface area contributed by atoms with Crippen LogP contribution in [0.2, 0.25) is 0 Å². The fraction of sp³-hybridized carbons (Fsp3) is 0.143. The van der Waals surface area contributed by atoms with Crippen molar-refractivity contribution >= 4 is 49.3 Å². The van der Waals surface area contributed by atoms with Gasteiger partial charge in [-0.1, -0.05) is 0 Å². The molecule has 0 spiro atoms. The second-order valence-corrected chi connectivity index (χ2v) is 5.87. The van der Waals surface area contributed by atoms with Crippen molar-refractivity contribution in [3.05, 3.63) is 45.0 Å². The normalized spacial score (nSPS) is 10.1. The van der Waals surface area contributed by atoms with E-state index < -0.39 is 0 Å². The summed E-state index contributed by atoms with van der Waals surface area (Å²) in [5.41, 5.74) is 1.12. The Morgan fingerprint density at radius 2 is 2.05 bits per heavy atom. The summed E-state index contributed by atoms with van der Waals surface area (Å²) in [6, 6.07) is 7.04. The fourth-order valence-electron chi connectivity index (χ4n) is 1.75. The minimum absolute atomic E-state index is 0.245. The Morgan fingerprint density at radius 1 is 1.29 bits per heavy atom. The van der Waals surface area contributed by atoms with Crippen molar-refractivity contribution in [1.82, 2.24) is 4.98 Å². The maximum atomic E-state index is 12.4. The van der Waals surface area contributed by atoms with E-state index in [0.29, 0.717) is 22.8 Å². The van der Waals surface area contributed by atoms with Gasteiger partial charge in [0, 0.05) is 23.4 Å². The highest BCUT2D eigenvalue weighted by atomic mass is 79.9. The van der Waals surface area contributed by atoms with Crippen LogP contribution in [-0.4, -0.2) is 25.0 Å². The first-order valence-electron chi connectivity index (χ1n) is 6.03. The molecule has 0 fully saturated rings. The molecule has 0 atom stereocenters. The number of benzene rings is 1. The van der Waals surface area contributed by atoms with Crippen LogP contribution in [0.5, 0.6) is 5.75 Å². The number of nitrogens with one attached hydrogen (secondary N) is 2. The van der Waals surface area contributed by atoms with Crippen LogP contribution in [0.25, 0.3) is 0 Å². The molecule has 2 aromatic rings. The minimum Gasteiger partial charge on any atom is -0.496 e. The number of nitrogens with zero attached hydrogens (tertiary/aromatic N) is 1. The molecule has 1 aromatic heterocycles. The third-order valence-electron chi connectivity index (χ3n) is 2.75. The molecule has 0 unspecified atom stereocenters. The Morgan fingerprint density at radius 3 is 2.67 bits per heavy atom. The number of anilines is 2. The van der Waals surface area contributed by atoms with Gasteiger partial charge in [-0.05, 0) is 56.1 Å². The number of carbonyl (C=O) groups excluding carboxylic acids is 1. The van der Waals surface area contributed by atoms with E-state index in [0.717, 1.165) is 8.95 Å². The largest absolute Gasteiger partial charge is 0.496 e. The first-order valence-corrected chi connectivity index (χ1v) is 7.62. The van der Waals surface area contributed by atoms with Crippen LogP contribution in [0, 0.1) is 0 Å². The van der Waals surface area contributed by atoms with Gasteiger partial charge in [-0.25, -0.2) is 4.98 Å². The van der Waals surface area contributed by atoms with Crippen molar-refractivity contribution in [1.29, 1.82) is 0 Å². The first kappa shape index (κ1) is 15.8. The Kier molecular flexibility index (Phi) is 5.19. The number of aromatic nitrogens is 1. The highest BCUT2D eigenvalue weighted by molar-refractivity contribution is 9.10. The van der Waals surface area contributed by atoms with E-state index >= 15 is 0 Å². The van der Waals surface area contributed by atoms with Gasteiger partial charge in [0.2, 0.25) is 0 Å². The van der Waals surface area contributed by atoms with Gasteiger partial charge in [0.15, 0.2) is 0 Å². The number of ether oxygens (including phenoxy) is 1. The van der Waals surface area contributed by atoms with Crippen molar-refractivity contribution in [2.75, 3.05) is 24.8 Å². The zero-order valence-corrected chi connectivity index (χ0v) is 14.6. The monoisotopic (exact) mass is 413 g/mol. The van der Waals surface area contributed by atoms with Gasteiger partial charge in [-0.15, -0.1) is 0 Å². The Hall–Kier alpha value is -1.60. The summed E-state index contributed by atoms with van der Waals surface area (Å²) in [4.78, 5) is 16.5. The average molecular weight is 415 g/mol. The van der Waals surface area contributed by atoms with Crippen LogP contribution in [0.4, 0.5) is 11.5 Å². The molecule has 0 aliphatic rings. The number of carbonyl (C=O) groups is 1. The number of pyridine rings is 1. The zero-order chi connectivity index (χ0) is 15.4. The number of hydrogen-bond acceptors (Lipinski definition) is 4. The summed E-state index contributed by atoms with van der Waals surface area (Å²) in [6.07, 6.45) is 1.63. The van der Waals surface area contributed by atoms with Crippen molar-refractivity contribution in [2.24, 2.45) is 0 Å². The van der Waals surface area contributed by atoms with Crippen molar-refractivity contribution in [3.63, 3.8) is 0 Å². The van der Waals surface area contributed by atoms with E-state index in [1.807, 2.05) is 0 Å². The van der Waals surface area contributed by atoms with Crippen LogP contribution in [0.15, 0.2) is 39.4 Å². The van der Waals surface area contributed by atoms with Crippen molar-refractivity contribution in [3.8, 4) is 5.75 Å². The van der Waals surface area contributed by atoms with Crippen LogP contribution < -0.4 is 15.4 Å². The SMILES string of the molecule is CNc1ncc(Br)cc1C(=O)Nc1ccc(OC)c(Br)c1. The Bertz CT molecular complexity index is 677. The number of halogens is 2. The minimum atomic E-state index is -0.245. The molecule has 1 heterocycles. The average Bonchev–Trinajstić information content (AvgIpc) is 2.47. The van der Waals surface area contributed by atoms with Gasteiger partial charge in [0.05, 0.1) is 17.1 Å². The number of rotatable bonds is 4. The molecular weight excluding hydrogens is 402 g/mol. The standard InChI is InChI=1S/C14H13Br2N3O2/c1-17-13-10(5-8(15)7-18-13)14(20)19-9-3-4-12(21-2)11(16)6-9/h3-7H,1-2H3,(H,17,18)(H,19,20). The Balaban J connectivity index is 2.26. The summed E-state index contributed by atoms with van der Waals surface area (Å²) < 4.78 is 6.66. The molecular formula is C14H13Br2N3O2. The molecule has 0 bridgehead atoms. The maximum absolute atomic E-state index is 12.4. The highest BCUT2D eigenvalue weighted by Crippen LogP contribution is 2.28. The third-order valence-corrected chi connectivity index (χ3v) is 3.80. The predicted octanol–water partition coefficient (Wildman–Crippen LogP) is 3.91. The van der Waals surface area contributed by atoms with Gasteiger partial charge in [0.25, 0.3) is 5.91 Å². The van der Waals surface area contributed by atoms with Gasteiger partial charge in [-0.2, -0.15) is 0 Å². The molecule has 1 aromatic carbocycles. The topological polar surface area (TPSA) is 63.2 Å². The highest BCUT2D eigenvalue weighted by Gasteiger charge is 2.13. The van der Waals surface area contributed by atoms with Gasteiger partial charge < -0.3 is 15.4 Å².